The molecule has 0 amide bonds. The van der Waals surface area contributed by atoms with E-state index in [1.165, 1.54) is 19.1 Å². The van der Waals surface area contributed by atoms with Gasteiger partial charge in [0.2, 0.25) is 0 Å². The zero-order chi connectivity index (χ0) is 26.3. The van der Waals surface area contributed by atoms with Gasteiger partial charge in [-0.25, -0.2) is 14.2 Å². The van der Waals surface area contributed by atoms with Crippen molar-refractivity contribution in [3.05, 3.63) is 55.7 Å². The van der Waals surface area contributed by atoms with Gasteiger partial charge < -0.3 is 4.74 Å². The molecule has 1 atom stereocenters. The molecule has 14 heteroatoms. The minimum atomic E-state index is -4.95. The maximum Gasteiger partial charge on any atom is 0.439 e. The van der Waals surface area contributed by atoms with Crippen LogP contribution in [0, 0.1) is 12.7 Å². The number of benzene rings is 1. The zero-order valence-corrected chi connectivity index (χ0v) is 19.5. The molecular weight excluding hydrogens is 519 g/mol. The molecule has 1 saturated carbocycles. The predicted molar refractivity (Wildman–Crippen MR) is 114 cm³/mol. The Labute approximate surface area is 203 Å². The van der Waals surface area contributed by atoms with Crippen LogP contribution >= 0.6 is 11.3 Å². The van der Waals surface area contributed by atoms with Crippen molar-refractivity contribution in [2.45, 2.75) is 69.5 Å². The van der Waals surface area contributed by atoms with Crippen molar-refractivity contribution in [1.29, 1.82) is 0 Å². The van der Waals surface area contributed by atoms with E-state index < -0.39 is 51.9 Å². The van der Waals surface area contributed by atoms with Gasteiger partial charge in [-0.05, 0) is 37.5 Å². The summed E-state index contributed by atoms with van der Waals surface area (Å²) in [5, 5.41) is 2.96. The summed E-state index contributed by atoms with van der Waals surface area (Å²) >= 11 is 0.364. The molecule has 1 aliphatic carbocycles. The number of aromatic nitrogens is 3. The Morgan fingerprint density at radius 3 is 2.42 bits per heavy atom. The van der Waals surface area contributed by atoms with Gasteiger partial charge in [0.05, 0.1) is 22.7 Å². The van der Waals surface area contributed by atoms with Crippen LogP contribution in [0.5, 0.6) is 0 Å². The number of nitrogens with zero attached hydrogens (tertiary/aromatic N) is 2. The zero-order valence-electron chi connectivity index (χ0n) is 18.7. The van der Waals surface area contributed by atoms with Gasteiger partial charge in [0.1, 0.15) is 16.2 Å². The minimum absolute atomic E-state index is 0.0257. The summed E-state index contributed by atoms with van der Waals surface area (Å²) in [5.74, 6) is -2.01. The number of ether oxygens (including phenoxy) is 1. The number of aromatic amines is 1. The summed E-state index contributed by atoms with van der Waals surface area (Å²) in [6.45, 7) is 0.533. The number of aryl methyl sites for hydroxylation is 1. The van der Waals surface area contributed by atoms with Gasteiger partial charge >= 0.3 is 18.1 Å². The first-order valence-corrected chi connectivity index (χ1v) is 11.7. The standard InChI is InChI=1S/C22H20F7N3O3S/c1-11-15(36-18(30-11)20(22(27,28)29)7-3-2-4-8-20)16(21(24,25)26)34-10-12-5-6-13(14(23)9-12)17-31-19(33)35-32-17/h5-6,9,16H,2-4,7-8,10H2,1H3,(H,31,32,33). The maximum absolute atomic E-state index is 14.5. The number of rotatable bonds is 6. The van der Waals surface area contributed by atoms with E-state index in [4.69, 9.17) is 4.74 Å². The quantitative estimate of drug-likeness (QED) is 0.361. The normalized spacial score (nSPS) is 17.3. The van der Waals surface area contributed by atoms with Gasteiger partial charge in [-0.15, -0.1) is 11.3 Å². The number of hydrogen-bond acceptors (Lipinski definition) is 6. The Morgan fingerprint density at radius 2 is 1.86 bits per heavy atom. The van der Waals surface area contributed by atoms with E-state index in [2.05, 4.69) is 19.6 Å². The first kappa shape index (κ1) is 26.3. The minimum Gasteiger partial charge on any atom is -0.358 e. The van der Waals surface area contributed by atoms with Crippen LogP contribution in [0.15, 0.2) is 27.5 Å². The third kappa shape index (κ3) is 5.05. The second-order valence-electron chi connectivity index (χ2n) is 8.60. The molecule has 36 heavy (non-hydrogen) atoms. The van der Waals surface area contributed by atoms with Gasteiger partial charge in [-0.1, -0.05) is 30.5 Å². The molecule has 0 saturated heterocycles. The molecule has 6 nitrogen and oxygen atoms in total. The average molecular weight is 539 g/mol. The van der Waals surface area contributed by atoms with Gasteiger partial charge in [0, 0.05) is 0 Å². The average Bonchev–Trinajstić information content (AvgIpc) is 3.39. The van der Waals surface area contributed by atoms with E-state index in [9.17, 15) is 35.5 Å². The summed E-state index contributed by atoms with van der Waals surface area (Å²) in [6, 6.07) is 3.35. The lowest BCUT2D eigenvalue weighted by Gasteiger charge is -2.37. The molecule has 3 aromatic rings. The number of H-pyrrole nitrogens is 1. The van der Waals surface area contributed by atoms with Gasteiger partial charge in [-0.3, -0.25) is 9.51 Å². The highest BCUT2D eigenvalue weighted by atomic mass is 32.1. The van der Waals surface area contributed by atoms with Crippen molar-refractivity contribution < 1.29 is 40.0 Å². The number of alkyl halides is 6. The van der Waals surface area contributed by atoms with Crippen LogP contribution in [0.2, 0.25) is 0 Å². The summed E-state index contributed by atoms with van der Waals surface area (Å²) in [6.07, 6.45) is -11.4. The van der Waals surface area contributed by atoms with Crippen molar-refractivity contribution in [2.75, 3.05) is 0 Å². The lowest BCUT2D eigenvalue weighted by atomic mass is 9.74. The molecule has 4 rings (SSSR count). The Hall–Kier alpha value is -2.74. The number of thiazole rings is 1. The Kier molecular flexibility index (Phi) is 7.03. The van der Waals surface area contributed by atoms with Crippen molar-refractivity contribution in [1.82, 2.24) is 15.1 Å². The van der Waals surface area contributed by atoms with Crippen LogP contribution in [0.3, 0.4) is 0 Å². The van der Waals surface area contributed by atoms with Crippen molar-refractivity contribution in [3.8, 4) is 11.4 Å². The SMILES string of the molecule is Cc1nc(C2(C(F)(F)F)CCCCC2)sc1C(OCc1ccc(-c2noc(=O)[nH]2)c(F)c1)C(F)(F)F. The fourth-order valence-corrected chi connectivity index (χ4v) is 5.72. The van der Waals surface area contributed by atoms with E-state index in [1.54, 1.807) is 0 Å². The van der Waals surface area contributed by atoms with E-state index in [0.717, 1.165) is 6.07 Å². The summed E-state index contributed by atoms with van der Waals surface area (Å²) in [5.41, 5.74) is -2.60. The smallest absolute Gasteiger partial charge is 0.358 e. The van der Waals surface area contributed by atoms with Gasteiger partial charge in [0.25, 0.3) is 0 Å². The van der Waals surface area contributed by atoms with Crippen molar-refractivity contribution in [2.24, 2.45) is 0 Å². The molecule has 1 N–H and O–H groups in total. The van der Waals surface area contributed by atoms with E-state index in [1.807, 2.05) is 0 Å². The second kappa shape index (κ2) is 9.61. The molecule has 2 heterocycles. The highest BCUT2D eigenvalue weighted by Gasteiger charge is 2.58. The molecule has 0 aliphatic heterocycles. The molecule has 0 spiro atoms. The molecule has 196 valence electrons. The molecular formula is C22H20F7N3O3S. The van der Waals surface area contributed by atoms with Crippen LogP contribution in [-0.4, -0.2) is 27.5 Å². The van der Waals surface area contributed by atoms with Crippen molar-refractivity contribution in [3.63, 3.8) is 0 Å². The van der Waals surface area contributed by atoms with E-state index >= 15 is 0 Å². The van der Waals surface area contributed by atoms with Crippen LogP contribution < -0.4 is 5.76 Å². The molecule has 2 aromatic heterocycles. The highest BCUT2D eigenvalue weighted by Crippen LogP contribution is 2.53. The molecule has 1 aliphatic rings. The Bertz CT molecular complexity index is 1270. The summed E-state index contributed by atoms with van der Waals surface area (Å²) in [7, 11) is 0. The van der Waals surface area contributed by atoms with Crippen LogP contribution in [0.1, 0.15) is 59.4 Å². The monoisotopic (exact) mass is 539 g/mol. The molecule has 1 unspecified atom stereocenters. The molecule has 0 radical (unpaired) electrons. The topological polar surface area (TPSA) is 81.0 Å². The Morgan fingerprint density at radius 1 is 1.17 bits per heavy atom. The molecule has 1 aromatic carbocycles. The number of halogens is 7. The Balaban J connectivity index is 1.60. The first-order chi connectivity index (χ1) is 16.8. The van der Waals surface area contributed by atoms with Gasteiger partial charge in [0.15, 0.2) is 11.9 Å². The second-order valence-corrected chi connectivity index (χ2v) is 9.63. The lowest BCUT2D eigenvalue weighted by molar-refractivity contribution is -0.226. The van der Waals surface area contributed by atoms with Crippen molar-refractivity contribution >= 4 is 11.3 Å². The van der Waals surface area contributed by atoms with E-state index in [-0.39, 0.29) is 35.5 Å². The van der Waals surface area contributed by atoms with Crippen LogP contribution in [-0.2, 0) is 16.8 Å². The summed E-state index contributed by atoms with van der Waals surface area (Å²) in [4.78, 5) is 16.7. The molecule has 1 fully saturated rings. The van der Waals surface area contributed by atoms with Crippen LogP contribution in [0.4, 0.5) is 30.7 Å². The first-order valence-electron chi connectivity index (χ1n) is 10.9. The lowest BCUT2D eigenvalue weighted by Crippen LogP contribution is -2.43. The predicted octanol–water partition coefficient (Wildman–Crippen LogP) is 6.52. The van der Waals surface area contributed by atoms with Gasteiger partial charge in [-0.2, -0.15) is 26.3 Å². The van der Waals surface area contributed by atoms with Crippen LogP contribution in [0.25, 0.3) is 11.4 Å². The molecule has 0 bridgehead atoms. The van der Waals surface area contributed by atoms with E-state index in [0.29, 0.717) is 30.6 Å². The largest absolute Gasteiger partial charge is 0.439 e. The fraction of sp³-hybridized carbons (Fsp3) is 0.500. The number of nitrogens with one attached hydrogen (secondary N) is 1. The number of hydrogen-bond donors (Lipinski definition) is 1. The summed E-state index contributed by atoms with van der Waals surface area (Å²) < 4.78 is 108. The fourth-order valence-electron chi connectivity index (χ4n) is 4.31. The third-order valence-electron chi connectivity index (χ3n) is 6.17. The maximum atomic E-state index is 14.5. The highest BCUT2D eigenvalue weighted by molar-refractivity contribution is 7.12. The third-order valence-corrected chi connectivity index (χ3v) is 7.58.